The number of hydrogen-bond donors (Lipinski definition) is 1. The Morgan fingerprint density at radius 3 is 2.07 bits per heavy atom. The first-order valence-electron chi connectivity index (χ1n) is 6.45. The summed E-state index contributed by atoms with van der Waals surface area (Å²) < 4.78 is 0. The second-order valence-electron chi connectivity index (χ2n) is 6.24. The summed E-state index contributed by atoms with van der Waals surface area (Å²) in [4.78, 5) is 2.56. The molecule has 0 aliphatic carbocycles. The molecular weight excluding hydrogens is 184 g/mol. The zero-order chi connectivity index (χ0) is 11.3. The Bertz CT molecular complexity index is 164. The molecule has 1 fully saturated rings. The molecular formula is C13H28N2. The average Bonchev–Trinajstić information content (AvgIpc) is 2.28. The Morgan fingerprint density at radius 2 is 1.60 bits per heavy atom. The maximum Gasteiger partial charge on any atom is 0.0172 e. The van der Waals surface area contributed by atoms with Crippen LogP contribution in [-0.4, -0.2) is 30.6 Å². The number of hydrogen-bond acceptors (Lipinski definition) is 2. The fourth-order valence-corrected chi connectivity index (χ4v) is 2.50. The first kappa shape index (κ1) is 13.0. The first-order chi connectivity index (χ1) is 6.97. The van der Waals surface area contributed by atoms with Crippen LogP contribution in [-0.2, 0) is 0 Å². The van der Waals surface area contributed by atoms with Crippen molar-refractivity contribution >= 4 is 0 Å². The SMILES string of the molecule is CC(C)(C)CC(N)CN1CCCCCC1. The van der Waals surface area contributed by atoms with Gasteiger partial charge in [-0.15, -0.1) is 0 Å². The van der Waals surface area contributed by atoms with E-state index in [1.807, 2.05) is 0 Å². The Hall–Kier alpha value is -0.0800. The third-order valence-corrected chi connectivity index (χ3v) is 3.07. The van der Waals surface area contributed by atoms with Crippen molar-refractivity contribution in [1.29, 1.82) is 0 Å². The molecule has 1 saturated heterocycles. The summed E-state index contributed by atoms with van der Waals surface area (Å²) in [7, 11) is 0. The van der Waals surface area contributed by atoms with Gasteiger partial charge in [-0.3, -0.25) is 0 Å². The molecule has 1 unspecified atom stereocenters. The zero-order valence-corrected chi connectivity index (χ0v) is 10.8. The van der Waals surface area contributed by atoms with E-state index in [0.29, 0.717) is 11.5 Å². The topological polar surface area (TPSA) is 29.3 Å². The van der Waals surface area contributed by atoms with Crippen molar-refractivity contribution in [3.63, 3.8) is 0 Å². The largest absolute Gasteiger partial charge is 0.327 e. The second kappa shape index (κ2) is 5.86. The molecule has 0 amide bonds. The molecule has 0 saturated carbocycles. The summed E-state index contributed by atoms with van der Waals surface area (Å²) in [6.07, 6.45) is 6.67. The molecule has 0 bridgehead atoms. The van der Waals surface area contributed by atoms with Crippen LogP contribution in [0.25, 0.3) is 0 Å². The lowest BCUT2D eigenvalue weighted by Crippen LogP contribution is -2.40. The summed E-state index contributed by atoms with van der Waals surface area (Å²) in [6.45, 7) is 10.4. The van der Waals surface area contributed by atoms with Crippen LogP contribution in [0.2, 0.25) is 0 Å². The zero-order valence-electron chi connectivity index (χ0n) is 10.8. The van der Waals surface area contributed by atoms with Crippen LogP contribution in [0.4, 0.5) is 0 Å². The van der Waals surface area contributed by atoms with Gasteiger partial charge in [0.15, 0.2) is 0 Å². The van der Waals surface area contributed by atoms with Gasteiger partial charge in [-0.05, 0) is 37.8 Å². The van der Waals surface area contributed by atoms with E-state index in [4.69, 9.17) is 5.73 Å². The van der Waals surface area contributed by atoms with Crippen molar-refractivity contribution in [2.75, 3.05) is 19.6 Å². The third kappa shape index (κ3) is 6.16. The fourth-order valence-electron chi connectivity index (χ4n) is 2.50. The van der Waals surface area contributed by atoms with E-state index >= 15 is 0 Å². The van der Waals surface area contributed by atoms with Crippen LogP contribution in [0.15, 0.2) is 0 Å². The van der Waals surface area contributed by atoms with Crippen molar-refractivity contribution in [1.82, 2.24) is 4.90 Å². The minimum Gasteiger partial charge on any atom is -0.327 e. The third-order valence-electron chi connectivity index (χ3n) is 3.07. The molecule has 0 aromatic carbocycles. The Kier molecular flexibility index (Phi) is 5.07. The molecule has 1 heterocycles. The molecule has 2 heteroatoms. The van der Waals surface area contributed by atoms with Gasteiger partial charge in [0, 0.05) is 12.6 Å². The molecule has 2 nitrogen and oxygen atoms in total. The van der Waals surface area contributed by atoms with Crippen LogP contribution < -0.4 is 5.73 Å². The van der Waals surface area contributed by atoms with Gasteiger partial charge in [-0.2, -0.15) is 0 Å². The Balaban J connectivity index is 2.26. The smallest absolute Gasteiger partial charge is 0.0172 e. The van der Waals surface area contributed by atoms with E-state index in [-0.39, 0.29) is 0 Å². The summed E-state index contributed by atoms with van der Waals surface area (Å²) >= 11 is 0. The minimum absolute atomic E-state index is 0.350. The lowest BCUT2D eigenvalue weighted by Gasteiger charge is -2.28. The summed E-state index contributed by atoms with van der Waals surface area (Å²) in [6, 6.07) is 0.350. The van der Waals surface area contributed by atoms with E-state index in [1.54, 1.807) is 0 Å². The Morgan fingerprint density at radius 1 is 1.07 bits per heavy atom. The predicted octanol–water partition coefficient (Wildman–Crippen LogP) is 2.63. The lowest BCUT2D eigenvalue weighted by atomic mass is 9.88. The van der Waals surface area contributed by atoms with E-state index in [2.05, 4.69) is 25.7 Å². The molecule has 0 aromatic heterocycles. The summed E-state index contributed by atoms with van der Waals surface area (Å²) in [5.41, 5.74) is 6.57. The molecule has 0 radical (unpaired) electrons. The second-order valence-corrected chi connectivity index (χ2v) is 6.24. The normalized spacial score (nSPS) is 22.4. The van der Waals surface area contributed by atoms with Gasteiger partial charge < -0.3 is 10.6 Å². The summed E-state index contributed by atoms with van der Waals surface area (Å²) in [5.74, 6) is 0. The van der Waals surface area contributed by atoms with Crippen LogP contribution in [0.1, 0.15) is 52.9 Å². The van der Waals surface area contributed by atoms with Crippen LogP contribution in [0, 0.1) is 5.41 Å². The number of rotatable bonds is 3. The monoisotopic (exact) mass is 212 g/mol. The maximum atomic E-state index is 6.20. The fraction of sp³-hybridized carbons (Fsp3) is 1.00. The van der Waals surface area contributed by atoms with Gasteiger partial charge in [0.1, 0.15) is 0 Å². The lowest BCUT2D eigenvalue weighted by molar-refractivity contribution is 0.233. The quantitative estimate of drug-likeness (QED) is 0.779. The summed E-state index contributed by atoms with van der Waals surface area (Å²) in [5, 5.41) is 0. The van der Waals surface area contributed by atoms with Gasteiger partial charge >= 0.3 is 0 Å². The maximum absolute atomic E-state index is 6.20. The molecule has 0 spiro atoms. The van der Waals surface area contributed by atoms with E-state index in [1.165, 1.54) is 38.8 Å². The molecule has 2 N–H and O–H groups in total. The van der Waals surface area contributed by atoms with Crippen LogP contribution in [0.5, 0.6) is 0 Å². The average molecular weight is 212 g/mol. The molecule has 90 valence electrons. The van der Waals surface area contributed by atoms with Gasteiger partial charge in [-0.1, -0.05) is 33.6 Å². The number of likely N-dealkylation sites (tertiary alicyclic amines) is 1. The van der Waals surface area contributed by atoms with Crippen molar-refractivity contribution in [2.24, 2.45) is 11.1 Å². The minimum atomic E-state index is 0.350. The van der Waals surface area contributed by atoms with Gasteiger partial charge in [0.2, 0.25) is 0 Å². The Labute approximate surface area is 95.2 Å². The van der Waals surface area contributed by atoms with Gasteiger partial charge in [0.05, 0.1) is 0 Å². The van der Waals surface area contributed by atoms with Crippen molar-refractivity contribution in [2.45, 2.75) is 58.9 Å². The van der Waals surface area contributed by atoms with E-state index in [9.17, 15) is 0 Å². The highest BCUT2D eigenvalue weighted by molar-refractivity contribution is 4.76. The first-order valence-corrected chi connectivity index (χ1v) is 6.45. The van der Waals surface area contributed by atoms with Gasteiger partial charge in [0.25, 0.3) is 0 Å². The van der Waals surface area contributed by atoms with Crippen molar-refractivity contribution in [3.8, 4) is 0 Å². The van der Waals surface area contributed by atoms with Crippen LogP contribution in [0.3, 0.4) is 0 Å². The number of nitrogens with two attached hydrogens (primary N) is 1. The highest BCUT2D eigenvalue weighted by atomic mass is 15.1. The predicted molar refractivity (Wildman–Crippen MR) is 67.0 cm³/mol. The molecule has 1 aliphatic rings. The molecule has 0 aromatic rings. The van der Waals surface area contributed by atoms with Gasteiger partial charge in [-0.25, -0.2) is 0 Å². The van der Waals surface area contributed by atoms with E-state index < -0.39 is 0 Å². The molecule has 1 atom stereocenters. The molecule has 1 rings (SSSR count). The highest BCUT2D eigenvalue weighted by Crippen LogP contribution is 2.20. The standard InChI is InChI=1S/C13H28N2/c1-13(2,3)10-12(14)11-15-8-6-4-5-7-9-15/h12H,4-11,14H2,1-3H3. The molecule has 15 heavy (non-hydrogen) atoms. The van der Waals surface area contributed by atoms with E-state index in [0.717, 1.165) is 13.0 Å². The van der Waals surface area contributed by atoms with Crippen molar-refractivity contribution in [3.05, 3.63) is 0 Å². The molecule has 1 aliphatic heterocycles. The van der Waals surface area contributed by atoms with Crippen molar-refractivity contribution < 1.29 is 0 Å². The van der Waals surface area contributed by atoms with Crippen LogP contribution >= 0.6 is 0 Å². The highest BCUT2D eigenvalue weighted by Gasteiger charge is 2.18. The number of nitrogens with zero attached hydrogens (tertiary/aromatic N) is 1.